The number of hydrogen-bond donors (Lipinski definition) is 0. The van der Waals surface area contributed by atoms with E-state index in [4.69, 9.17) is 0 Å². The van der Waals surface area contributed by atoms with Crippen LogP contribution in [0.15, 0.2) is 60.7 Å². The number of piperazine rings is 1. The summed E-state index contributed by atoms with van der Waals surface area (Å²) in [6.45, 7) is 3.59. The van der Waals surface area contributed by atoms with Gasteiger partial charge in [0.1, 0.15) is 0 Å². The van der Waals surface area contributed by atoms with E-state index in [0.717, 1.165) is 17.5 Å². The lowest BCUT2D eigenvalue weighted by atomic mass is 10.1. The van der Waals surface area contributed by atoms with Gasteiger partial charge in [0.25, 0.3) is 0 Å². The van der Waals surface area contributed by atoms with Gasteiger partial charge in [-0.25, -0.2) is 8.42 Å². The summed E-state index contributed by atoms with van der Waals surface area (Å²) >= 11 is 0. The van der Waals surface area contributed by atoms with Crippen LogP contribution in [0.1, 0.15) is 23.6 Å². The minimum Gasteiger partial charge on any atom is -0.337 e. The van der Waals surface area contributed by atoms with Gasteiger partial charge in [-0.1, -0.05) is 61.5 Å². The summed E-state index contributed by atoms with van der Waals surface area (Å²) in [5.74, 6) is -0.0882. The van der Waals surface area contributed by atoms with Crippen molar-refractivity contribution in [1.82, 2.24) is 9.21 Å². The van der Waals surface area contributed by atoms with Crippen molar-refractivity contribution in [2.45, 2.75) is 19.1 Å². The Morgan fingerprint density at radius 3 is 2.18 bits per heavy atom. The van der Waals surface area contributed by atoms with Crippen LogP contribution >= 0.6 is 0 Å². The maximum atomic E-state index is 12.6. The summed E-state index contributed by atoms with van der Waals surface area (Å²) < 4.78 is 26.7. The fourth-order valence-corrected chi connectivity index (χ4v) is 4.72. The molecule has 1 aliphatic heterocycles. The zero-order chi connectivity index (χ0) is 20.0. The van der Waals surface area contributed by atoms with E-state index in [0.29, 0.717) is 26.2 Å². The molecular weight excluding hydrogens is 372 g/mol. The van der Waals surface area contributed by atoms with Crippen molar-refractivity contribution in [3.63, 3.8) is 0 Å². The summed E-state index contributed by atoms with van der Waals surface area (Å²) in [7, 11) is -3.37. The molecule has 6 heteroatoms. The molecule has 3 rings (SSSR count). The normalized spacial score (nSPS) is 15.8. The highest BCUT2D eigenvalue weighted by Gasteiger charge is 2.28. The van der Waals surface area contributed by atoms with Crippen LogP contribution < -0.4 is 0 Å². The van der Waals surface area contributed by atoms with Gasteiger partial charge >= 0.3 is 0 Å². The molecule has 0 saturated carbocycles. The molecule has 0 atom stereocenters. The molecule has 1 saturated heterocycles. The van der Waals surface area contributed by atoms with E-state index in [9.17, 15) is 13.2 Å². The molecule has 0 unspecified atom stereocenters. The molecule has 5 nitrogen and oxygen atoms in total. The number of carbonyl (C=O) groups excluding carboxylic acids is 1. The average Bonchev–Trinajstić information content (AvgIpc) is 2.73. The van der Waals surface area contributed by atoms with Crippen LogP contribution in [0.25, 0.3) is 6.08 Å². The molecule has 1 aliphatic rings. The molecule has 0 N–H and O–H groups in total. The molecule has 2 aromatic rings. The maximum Gasteiger partial charge on any atom is 0.246 e. The molecule has 148 valence electrons. The van der Waals surface area contributed by atoms with Crippen LogP contribution in [0.3, 0.4) is 0 Å². The fourth-order valence-electron chi connectivity index (χ4n) is 3.20. The monoisotopic (exact) mass is 398 g/mol. The number of sulfonamides is 1. The van der Waals surface area contributed by atoms with Crippen molar-refractivity contribution in [3.8, 4) is 0 Å². The molecule has 2 aromatic carbocycles. The molecule has 1 heterocycles. The number of nitrogens with zero attached hydrogens (tertiary/aromatic N) is 2. The van der Waals surface area contributed by atoms with E-state index >= 15 is 0 Å². The first-order chi connectivity index (χ1) is 13.5. The van der Waals surface area contributed by atoms with Gasteiger partial charge in [0.15, 0.2) is 0 Å². The lowest BCUT2D eigenvalue weighted by Gasteiger charge is -2.33. The van der Waals surface area contributed by atoms with Crippen LogP contribution in [-0.4, -0.2) is 49.7 Å². The van der Waals surface area contributed by atoms with Gasteiger partial charge in [-0.05, 0) is 29.2 Å². The van der Waals surface area contributed by atoms with Crippen LogP contribution in [-0.2, 0) is 27.0 Å². The van der Waals surface area contributed by atoms with Crippen LogP contribution in [0, 0.1) is 0 Å². The Balaban J connectivity index is 1.54. The maximum absolute atomic E-state index is 12.6. The summed E-state index contributed by atoms with van der Waals surface area (Å²) in [5.41, 5.74) is 3.02. The second-order valence-corrected chi connectivity index (χ2v) is 8.86. The number of benzene rings is 2. The highest BCUT2D eigenvalue weighted by atomic mass is 32.2. The lowest BCUT2D eigenvalue weighted by Crippen LogP contribution is -2.50. The van der Waals surface area contributed by atoms with Crippen LogP contribution in [0.4, 0.5) is 0 Å². The standard InChI is InChI=1S/C22H26N2O3S/c1-2-19-8-10-20(11-9-19)12-13-22(25)23-14-16-24(17-15-23)28(26,27)18-21-6-4-3-5-7-21/h3-13H,2,14-18H2,1H3. The van der Waals surface area contributed by atoms with Crippen molar-refractivity contribution < 1.29 is 13.2 Å². The van der Waals surface area contributed by atoms with E-state index in [1.807, 2.05) is 42.5 Å². The third-order valence-corrected chi connectivity index (χ3v) is 6.79. The Morgan fingerprint density at radius 2 is 1.57 bits per heavy atom. The average molecular weight is 399 g/mol. The second-order valence-electron chi connectivity index (χ2n) is 6.89. The van der Waals surface area contributed by atoms with Crippen LogP contribution in [0.5, 0.6) is 0 Å². The third kappa shape index (κ3) is 5.30. The molecular formula is C22H26N2O3S. The quantitative estimate of drug-likeness (QED) is 0.703. The zero-order valence-electron chi connectivity index (χ0n) is 16.1. The highest BCUT2D eigenvalue weighted by molar-refractivity contribution is 7.88. The van der Waals surface area contributed by atoms with Crippen molar-refractivity contribution in [2.75, 3.05) is 26.2 Å². The summed E-state index contributed by atoms with van der Waals surface area (Å²) in [4.78, 5) is 14.1. The molecule has 0 spiro atoms. The van der Waals surface area contributed by atoms with E-state index in [-0.39, 0.29) is 11.7 Å². The highest BCUT2D eigenvalue weighted by Crippen LogP contribution is 2.14. The summed E-state index contributed by atoms with van der Waals surface area (Å²) in [5, 5.41) is 0. The smallest absolute Gasteiger partial charge is 0.246 e. The molecule has 0 bridgehead atoms. The van der Waals surface area contributed by atoms with Crippen molar-refractivity contribution in [3.05, 3.63) is 77.4 Å². The van der Waals surface area contributed by atoms with Gasteiger partial charge in [0, 0.05) is 32.3 Å². The molecule has 1 fully saturated rings. The Labute approximate surface area is 167 Å². The predicted octanol–water partition coefficient (Wildman–Crippen LogP) is 2.94. The Hall–Kier alpha value is -2.44. The lowest BCUT2D eigenvalue weighted by molar-refractivity contribution is -0.127. The van der Waals surface area contributed by atoms with E-state index < -0.39 is 10.0 Å². The summed E-state index contributed by atoms with van der Waals surface area (Å²) in [6, 6.07) is 17.3. The minimum atomic E-state index is -3.37. The van der Waals surface area contributed by atoms with Gasteiger partial charge in [0.05, 0.1) is 5.75 Å². The Morgan fingerprint density at radius 1 is 0.929 bits per heavy atom. The predicted molar refractivity (Wildman–Crippen MR) is 112 cm³/mol. The SMILES string of the molecule is CCc1ccc(C=CC(=O)N2CCN(S(=O)(=O)Cc3ccccc3)CC2)cc1. The molecule has 1 amide bonds. The van der Waals surface area contributed by atoms with Crippen molar-refractivity contribution in [1.29, 1.82) is 0 Å². The number of rotatable bonds is 6. The largest absolute Gasteiger partial charge is 0.337 e. The minimum absolute atomic E-state index is 0.00452. The molecule has 0 aromatic heterocycles. The van der Waals surface area contributed by atoms with Gasteiger partial charge < -0.3 is 4.90 Å². The van der Waals surface area contributed by atoms with Crippen LogP contribution in [0.2, 0.25) is 0 Å². The fraction of sp³-hybridized carbons (Fsp3) is 0.318. The van der Waals surface area contributed by atoms with E-state index in [1.54, 1.807) is 17.1 Å². The molecule has 28 heavy (non-hydrogen) atoms. The van der Waals surface area contributed by atoms with Gasteiger partial charge in [-0.15, -0.1) is 0 Å². The van der Waals surface area contributed by atoms with E-state index in [2.05, 4.69) is 19.1 Å². The number of aryl methyl sites for hydroxylation is 1. The Kier molecular flexibility index (Phi) is 6.65. The third-order valence-electron chi connectivity index (χ3n) is 4.94. The van der Waals surface area contributed by atoms with Gasteiger partial charge in [-0.3, -0.25) is 4.79 Å². The molecule has 0 radical (unpaired) electrons. The van der Waals surface area contributed by atoms with E-state index in [1.165, 1.54) is 9.87 Å². The first-order valence-electron chi connectivity index (χ1n) is 9.55. The zero-order valence-corrected chi connectivity index (χ0v) is 16.9. The number of carbonyl (C=O) groups is 1. The van der Waals surface area contributed by atoms with Gasteiger partial charge in [-0.2, -0.15) is 4.31 Å². The second kappa shape index (κ2) is 9.17. The topological polar surface area (TPSA) is 57.7 Å². The first kappa shape index (κ1) is 20.3. The van der Waals surface area contributed by atoms with Crippen molar-refractivity contribution in [2.24, 2.45) is 0 Å². The van der Waals surface area contributed by atoms with Gasteiger partial charge in [0.2, 0.25) is 15.9 Å². The molecule has 0 aliphatic carbocycles. The Bertz CT molecular complexity index is 914. The number of amides is 1. The first-order valence-corrected chi connectivity index (χ1v) is 11.2. The summed E-state index contributed by atoms with van der Waals surface area (Å²) in [6.07, 6.45) is 4.36. The number of hydrogen-bond acceptors (Lipinski definition) is 3. The van der Waals surface area contributed by atoms with Crippen molar-refractivity contribution >= 4 is 22.0 Å².